The van der Waals surface area contributed by atoms with Gasteiger partial charge < -0.3 is 89.9 Å². The summed E-state index contributed by atoms with van der Waals surface area (Å²) >= 11 is 0. The van der Waals surface area contributed by atoms with E-state index in [1.165, 1.54) is 225 Å². The highest BCUT2D eigenvalue weighted by molar-refractivity contribution is 5.76. The Morgan fingerprint density at radius 3 is 1.02 bits per heavy atom. The molecular formula is C79H145NO18. The lowest BCUT2D eigenvalue weighted by molar-refractivity contribution is -0.379. The van der Waals surface area contributed by atoms with Crippen molar-refractivity contribution >= 4 is 5.91 Å². The van der Waals surface area contributed by atoms with Crippen molar-refractivity contribution in [1.82, 2.24) is 5.32 Å². The SMILES string of the molecule is CCCCCCCCCC/C=C\CCCCCCCCCCCC(=O)NC(COC1OC(CO)C(OC2OC(CO)C(OC3OC(CO)C(O)C(O)C3O)C(O)C2O)C(O)C1O)C(O)/C=C/CC/C=C/CC/C=C/CCCCCCCCCCCCCCCCCCCCCCCC. The molecule has 3 heterocycles. The van der Waals surface area contributed by atoms with Crippen LogP contribution in [-0.4, -0.2) is 193 Å². The summed E-state index contributed by atoms with van der Waals surface area (Å²) in [6.07, 6.45) is 48.2. The number of allylic oxidation sites excluding steroid dienone is 7. The fraction of sp³-hybridized carbons (Fsp3) is 0.886. The number of ether oxygens (including phenoxy) is 6. The van der Waals surface area contributed by atoms with Gasteiger partial charge in [0.15, 0.2) is 18.9 Å². The van der Waals surface area contributed by atoms with E-state index in [1.54, 1.807) is 6.08 Å². The van der Waals surface area contributed by atoms with Crippen LogP contribution in [0.25, 0.3) is 0 Å². The zero-order chi connectivity index (χ0) is 71.1. The molecule has 0 radical (unpaired) electrons. The third kappa shape index (κ3) is 40.1. The topological polar surface area (TPSA) is 307 Å². The van der Waals surface area contributed by atoms with Crippen molar-refractivity contribution in [1.29, 1.82) is 0 Å². The molecule has 3 aliphatic heterocycles. The van der Waals surface area contributed by atoms with E-state index < -0.39 is 124 Å². The van der Waals surface area contributed by atoms with Crippen molar-refractivity contribution in [3.8, 4) is 0 Å². The van der Waals surface area contributed by atoms with Crippen molar-refractivity contribution in [2.75, 3.05) is 26.4 Å². The van der Waals surface area contributed by atoms with Gasteiger partial charge >= 0.3 is 0 Å². The first-order chi connectivity index (χ1) is 47.8. The molecule has 574 valence electrons. The predicted molar refractivity (Wildman–Crippen MR) is 388 cm³/mol. The number of aliphatic hydroxyl groups is 11. The van der Waals surface area contributed by atoms with Crippen molar-refractivity contribution in [2.45, 2.75) is 420 Å². The first kappa shape index (κ1) is 90.0. The molecule has 19 heteroatoms. The second kappa shape index (κ2) is 60.1. The fourth-order valence-corrected chi connectivity index (χ4v) is 13.4. The summed E-state index contributed by atoms with van der Waals surface area (Å²) in [7, 11) is 0. The number of unbranched alkanes of at least 4 members (excludes halogenated alkanes) is 41. The molecule has 19 nitrogen and oxygen atoms in total. The molecule has 3 fully saturated rings. The average Bonchev–Trinajstić information content (AvgIpc) is 0.784. The third-order valence-corrected chi connectivity index (χ3v) is 19.8. The number of amides is 1. The second-order valence-corrected chi connectivity index (χ2v) is 28.5. The molecule has 0 aromatic heterocycles. The first-order valence-corrected chi connectivity index (χ1v) is 39.9. The highest BCUT2D eigenvalue weighted by atomic mass is 16.8. The summed E-state index contributed by atoms with van der Waals surface area (Å²) in [6, 6.07) is -1.000. The molecule has 3 aliphatic rings. The summed E-state index contributed by atoms with van der Waals surface area (Å²) < 4.78 is 34.4. The molecule has 0 aliphatic carbocycles. The van der Waals surface area contributed by atoms with Crippen molar-refractivity contribution in [3.63, 3.8) is 0 Å². The van der Waals surface area contributed by atoms with Crippen LogP contribution in [0.2, 0.25) is 0 Å². The van der Waals surface area contributed by atoms with Crippen LogP contribution in [-0.2, 0) is 33.2 Å². The minimum absolute atomic E-state index is 0.230. The Kier molecular flexibility index (Phi) is 55.1. The van der Waals surface area contributed by atoms with Crippen LogP contribution in [0.3, 0.4) is 0 Å². The molecule has 0 aromatic carbocycles. The van der Waals surface area contributed by atoms with Gasteiger partial charge in [0.2, 0.25) is 5.91 Å². The molecule has 98 heavy (non-hydrogen) atoms. The van der Waals surface area contributed by atoms with Gasteiger partial charge in [0, 0.05) is 6.42 Å². The van der Waals surface area contributed by atoms with Gasteiger partial charge in [-0.2, -0.15) is 0 Å². The van der Waals surface area contributed by atoms with Gasteiger partial charge in [-0.1, -0.05) is 287 Å². The van der Waals surface area contributed by atoms with Crippen molar-refractivity contribution in [2.24, 2.45) is 0 Å². The molecule has 12 N–H and O–H groups in total. The van der Waals surface area contributed by atoms with E-state index in [-0.39, 0.29) is 18.9 Å². The summed E-state index contributed by atoms with van der Waals surface area (Å²) in [5, 5.41) is 121. The Balaban J connectivity index is 1.39. The molecule has 0 aromatic rings. The normalized spacial score (nSPS) is 27.0. The van der Waals surface area contributed by atoms with E-state index in [0.717, 1.165) is 57.8 Å². The monoisotopic (exact) mass is 1400 g/mol. The maximum atomic E-state index is 13.4. The number of aliphatic hydroxyl groups excluding tert-OH is 11. The molecule has 1 amide bonds. The second-order valence-electron chi connectivity index (χ2n) is 28.5. The van der Waals surface area contributed by atoms with Crippen molar-refractivity contribution < 1.29 is 89.4 Å². The summed E-state index contributed by atoms with van der Waals surface area (Å²) in [5.74, 6) is -0.289. The molecule has 3 rings (SSSR count). The number of carbonyl (C=O) groups excluding carboxylic acids is 1. The predicted octanol–water partition coefficient (Wildman–Crippen LogP) is 12.9. The molecule has 17 unspecified atom stereocenters. The van der Waals surface area contributed by atoms with E-state index in [0.29, 0.717) is 12.8 Å². The number of hydrogen-bond acceptors (Lipinski definition) is 18. The molecule has 0 saturated carbocycles. The van der Waals surface area contributed by atoms with Crippen LogP contribution in [0.5, 0.6) is 0 Å². The highest BCUT2D eigenvalue weighted by Crippen LogP contribution is 2.33. The van der Waals surface area contributed by atoms with Gasteiger partial charge in [0.25, 0.3) is 0 Å². The number of hydrogen-bond donors (Lipinski definition) is 12. The Hall–Kier alpha value is -2.25. The lowest BCUT2D eigenvalue weighted by Gasteiger charge is -2.48. The van der Waals surface area contributed by atoms with Gasteiger partial charge in [-0.3, -0.25) is 4.79 Å². The number of nitrogens with one attached hydrogen (secondary N) is 1. The smallest absolute Gasteiger partial charge is 0.220 e. The van der Waals surface area contributed by atoms with Gasteiger partial charge in [-0.15, -0.1) is 0 Å². The zero-order valence-electron chi connectivity index (χ0n) is 61.3. The van der Waals surface area contributed by atoms with E-state index >= 15 is 0 Å². The third-order valence-electron chi connectivity index (χ3n) is 19.8. The summed E-state index contributed by atoms with van der Waals surface area (Å²) in [6.45, 7) is 1.75. The minimum atomic E-state index is -1.98. The van der Waals surface area contributed by atoms with Crippen LogP contribution in [0.1, 0.15) is 316 Å². The van der Waals surface area contributed by atoms with E-state index in [2.05, 4.69) is 55.6 Å². The van der Waals surface area contributed by atoms with E-state index in [1.807, 2.05) is 6.08 Å². The average molecular weight is 1400 g/mol. The van der Waals surface area contributed by atoms with Crippen LogP contribution in [0.15, 0.2) is 48.6 Å². The van der Waals surface area contributed by atoms with Crippen LogP contribution in [0, 0.1) is 0 Å². The zero-order valence-corrected chi connectivity index (χ0v) is 61.3. The van der Waals surface area contributed by atoms with Crippen molar-refractivity contribution in [3.05, 3.63) is 48.6 Å². The Bertz CT molecular complexity index is 1960. The van der Waals surface area contributed by atoms with E-state index in [4.69, 9.17) is 28.4 Å². The Morgan fingerprint density at radius 1 is 0.357 bits per heavy atom. The van der Waals surface area contributed by atoms with Crippen LogP contribution in [0.4, 0.5) is 0 Å². The number of carbonyl (C=O) groups is 1. The first-order valence-electron chi connectivity index (χ1n) is 39.9. The van der Waals surface area contributed by atoms with Gasteiger partial charge in [-0.05, 0) is 70.6 Å². The molecular weight excluding hydrogens is 1250 g/mol. The Morgan fingerprint density at radius 2 is 0.653 bits per heavy atom. The van der Waals surface area contributed by atoms with E-state index in [9.17, 15) is 61.0 Å². The fourth-order valence-electron chi connectivity index (χ4n) is 13.4. The molecule has 0 spiro atoms. The lowest BCUT2D eigenvalue weighted by Crippen LogP contribution is -2.66. The van der Waals surface area contributed by atoms with Crippen LogP contribution >= 0.6 is 0 Å². The molecule has 17 atom stereocenters. The van der Waals surface area contributed by atoms with Crippen LogP contribution < -0.4 is 5.32 Å². The Labute approximate surface area is 593 Å². The number of rotatable bonds is 63. The van der Waals surface area contributed by atoms with Gasteiger partial charge in [0.05, 0.1) is 38.6 Å². The maximum Gasteiger partial charge on any atom is 0.220 e. The lowest BCUT2D eigenvalue weighted by atomic mass is 9.96. The quantitative estimate of drug-likeness (QED) is 0.0199. The minimum Gasteiger partial charge on any atom is -0.394 e. The maximum absolute atomic E-state index is 13.4. The largest absolute Gasteiger partial charge is 0.394 e. The molecule has 3 saturated heterocycles. The molecule has 0 bridgehead atoms. The van der Waals surface area contributed by atoms with Gasteiger partial charge in [-0.25, -0.2) is 0 Å². The summed E-state index contributed by atoms with van der Waals surface area (Å²) in [5.41, 5.74) is 0. The highest BCUT2D eigenvalue weighted by Gasteiger charge is 2.54. The standard InChI is InChI=1S/C79H145NO18/c1-3-5-7-9-11-13-15-17-19-21-23-25-26-27-28-29-30-31-32-33-34-35-37-38-40-42-44-46-48-50-52-54-56-63(84)62(80-67(85)57-55-53-51-49-47-45-43-41-39-36-24-22-20-18-16-14-12-10-8-6-4-2)61-93-77-73(91)70(88)75(65(59-82)95-77)98-79-74(92)71(89)76(66(60-83)96-79)97-78-72(90)69(87)68(86)64(58-81)94-78/h22,24,38,40,46,48,54,56,62-66,68-79,81-84,86-92H,3-21,23,25-37,39,41-45,47,49-53,55,57-61H2,1-2H3,(H,80,85)/b24-22-,40-38+,48-46+,56-54+. The van der Waals surface area contributed by atoms with Gasteiger partial charge in [0.1, 0.15) is 73.2 Å². The summed E-state index contributed by atoms with van der Waals surface area (Å²) in [4.78, 5) is 13.4.